The number of aromatic carboxylic acids is 1. The Morgan fingerprint density at radius 2 is 1.96 bits per heavy atom. The molecule has 0 bridgehead atoms. The lowest BCUT2D eigenvalue weighted by Crippen LogP contribution is -2.06. The number of benzene rings is 2. The molecule has 3 aromatic rings. The average Bonchev–Trinajstić information content (AvgIpc) is 3.02. The van der Waals surface area contributed by atoms with E-state index in [1.165, 1.54) is 18.2 Å². The summed E-state index contributed by atoms with van der Waals surface area (Å²) in [6, 6.07) is 13.5. The molecule has 0 unspecified atom stereocenters. The molecule has 0 radical (unpaired) electrons. The Bertz CT molecular complexity index is 1020. The van der Waals surface area contributed by atoms with Crippen LogP contribution >= 0.6 is 0 Å². The van der Waals surface area contributed by atoms with Gasteiger partial charge in [0.05, 0.1) is 16.3 Å². The fourth-order valence-corrected chi connectivity index (χ4v) is 3.09. The maximum atomic E-state index is 12.0. The van der Waals surface area contributed by atoms with Gasteiger partial charge in [0.1, 0.15) is 11.3 Å². The molecule has 1 N–H and O–H groups in total. The molecular weight excluding hydrogens is 346 g/mol. The Hall–Kier alpha value is -3.48. The lowest BCUT2D eigenvalue weighted by atomic mass is 10.0. The molecule has 7 heteroatoms. The maximum Gasteiger partial charge on any atom is 0.339 e. The van der Waals surface area contributed by atoms with Crippen LogP contribution in [0.3, 0.4) is 0 Å². The van der Waals surface area contributed by atoms with Gasteiger partial charge >= 0.3 is 5.97 Å². The quantitative estimate of drug-likeness (QED) is 0.515. The second kappa shape index (κ2) is 7.41. The third-order valence-electron chi connectivity index (χ3n) is 4.26. The van der Waals surface area contributed by atoms with Crippen molar-refractivity contribution in [3.05, 3.63) is 75.5 Å². The van der Waals surface area contributed by atoms with E-state index in [0.29, 0.717) is 17.7 Å². The molecule has 0 aliphatic rings. The highest BCUT2D eigenvalue weighted by atomic mass is 16.6. The number of carboxylic acids is 1. The molecule has 0 saturated heterocycles. The van der Waals surface area contributed by atoms with Gasteiger partial charge in [-0.2, -0.15) is 5.10 Å². The summed E-state index contributed by atoms with van der Waals surface area (Å²) < 4.78 is 1.63. The van der Waals surface area contributed by atoms with Crippen LogP contribution in [0.4, 0.5) is 5.69 Å². The summed E-state index contributed by atoms with van der Waals surface area (Å²) in [5, 5.41) is 25.5. The predicted molar refractivity (Wildman–Crippen MR) is 101 cm³/mol. The molecule has 27 heavy (non-hydrogen) atoms. The summed E-state index contributed by atoms with van der Waals surface area (Å²) in [5.74, 6) is -1.10. The molecule has 0 spiro atoms. The van der Waals surface area contributed by atoms with Gasteiger partial charge in [-0.1, -0.05) is 37.6 Å². The van der Waals surface area contributed by atoms with Crippen LogP contribution in [0.5, 0.6) is 0 Å². The highest BCUT2D eigenvalue weighted by molar-refractivity contribution is 5.96. The minimum Gasteiger partial charge on any atom is -0.478 e. The van der Waals surface area contributed by atoms with E-state index in [2.05, 4.69) is 5.10 Å². The van der Waals surface area contributed by atoms with Crippen LogP contribution in [0.2, 0.25) is 0 Å². The highest BCUT2D eigenvalue weighted by Crippen LogP contribution is 2.30. The van der Waals surface area contributed by atoms with Crippen molar-refractivity contribution in [1.29, 1.82) is 0 Å². The third-order valence-corrected chi connectivity index (χ3v) is 4.26. The summed E-state index contributed by atoms with van der Waals surface area (Å²) >= 11 is 0. The normalized spacial score (nSPS) is 10.7. The van der Waals surface area contributed by atoms with Crippen molar-refractivity contribution < 1.29 is 14.8 Å². The largest absolute Gasteiger partial charge is 0.478 e. The number of carbonyl (C=O) groups is 1. The van der Waals surface area contributed by atoms with Gasteiger partial charge in [0.2, 0.25) is 0 Å². The van der Waals surface area contributed by atoms with Crippen molar-refractivity contribution in [2.24, 2.45) is 0 Å². The number of hydrogen-bond acceptors (Lipinski definition) is 4. The summed E-state index contributed by atoms with van der Waals surface area (Å²) in [6.45, 7) is 3.91. The molecule has 138 valence electrons. The van der Waals surface area contributed by atoms with E-state index in [1.54, 1.807) is 10.7 Å². The number of aromatic nitrogens is 2. The van der Waals surface area contributed by atoms with Crippen LogP contribution in [0.15, 0.2) is 48.5 Å². The Labute approximate surface area is 156 Å². The van der Waals surface area contributed by atoms with E-state index in [4.69, 9.17) is 0 Å². The molecule has 0 aliphatic heterocycles. The number of nitro benzene ring substituents is 1. The van der Waals surface area contributed by atoms with E-state index < -0.39 is 10.9 Å². The first kappa shape index (κ1) is 18.3. The second-order valence-electron chi connectivity index (χ2n) is 6.28. The van der Waals surface area contributed by atoms with Crippen LogP contribution < -0.4 is 0 Å². The van der Waals surface area contributed by atoms with E-state index in [9.17, 15) is 20.0 Å². The SMILES string of the molecule is CCCc1c(C(=O)O)c(-c2cccc([N+](=O)[O-])c2)nn1-c1cccc(C)c1. The topological polar surface area (TPSA) is 98.3 Å². The zero-order valence-corrected chi connectivity index (χ0v) is 15.0. The molecule has 0 saturated carbocycles. The number of hydrogen-bond donors (Lipinski definition) is 1. The average molecular weight is 365 g/mol. The van der Waals surface area contributed by atoms with Crippen molar-refractivity contribution in [2.75, 3.05) is 0 Å². The first-order valence-electron chi connectivity index (χ1n) is 8.59. The number of aryl methyl sites for hydroxylation is 1. The van der Waals surface area contributed by atoms with Crippen LogP contribution in [0, 0.1) is 17.0 Å². The van der Waals surface area contributed by atoms with E-state index in [-0.39, 0.29) is 16.9 Å². The van der Waals surface area contributed by atoms with Crippen molar-refractivity contribution in [2.45, 2.75) is 26.7 Å². The van der Waals surface area contributed by atoms with E-state index in [0.717, 1.165) is 17.7 Å². The smallest absolute Gasteiger partial charge is 0.339 e. The zero-order chi connectivity index (χ0) is 19.6. The fraction of sp³-hybridized carbons (Fsp3) is 0.200. The van der Waals surface area contributed by atoms with Gasteiger partial charge in [-0.15, -0.1) is 0 Å². The Morgan fingerprint density at radius 1 is 1.22 bits per heavy atom. The maximum absolute atomic E-state index is 12.0. The molecule has 1 heterocycles. The Balaban J connectivity index is 2.28. The molecule has 7 nitrogen and oxygen atoms in total. The predicted octanol–water partition coefficient (Wildman–Crippen LogP) is 4.41. The number of nitro groups is 1. The number of rotatable bonds is 6. The van der Waals surface area contributed by atoms with E-state index in [1.807, 2.05) is 38.1 Å². The molecule has 3 rings (SSSR count). The zero-order valence-electron chi connectivity index (χ0n) is 15.0. The van der Waals surface area contributed by atoms with Gasteiger partial charge in [-0.25, -0.2) is 9.48 Å². The Kier molecular flexibility index (Phi) is 5.03. The van der Waals surface area contributed by atoms with Crippen molar-refractivity contribution in [3.8, 4) is 16.9 Å². The van der Waals surface area contributed by atoms with Gasteiger partial charge in [0, 0.05) is 17.7 Å². The summed E-state index contributed by atoms with van der Waals surface area (Å²) in [6.07, 6.45) is 1.27. The fourth-order valence-electron chi connectivity index (χ4n) is 3.09. The Morgan fingerprint density at radius 3 is 2.59 bits per heavy atom. The molecule has 0 fully saturated rings. The lowest BCUT2D eigenvalue weighted by molar-refractivity contribution is -0.384. The number of nitrogens with zero attached hydrogens (tertiary/aromatic N) is 3. The van der Waals surface area contributed by atoms with Gasteiger partial charge in [0.25, 0.3) is 5.69 Å². The van der Waals surface area contributed by atoms with Gasteiger partial charge in [0.15, 0.2) is 0 Å². The second-order valence-corrected chi connectivity index (χ2v) is 6.28. The van der Waals surface area contributed by atoms with Crippen LogP contribution in [-0.2, 0) is 6.42 Å². The van der Waals surface area contributed by atoms with Crippen LogP contribution in [0.25, 0.3) is 16.9 Å². The lowest BCUT2D eigenvalue weighted by Gasteiger charge is -2.08. The first-order valence-corrected chi connectivity index (χ1v) is 8.59. The molecular formula is C20H19N3O4. The minimum absolute atomic E-state index is 0.0823. The van der Waals surface area contributed by atoms with Crippen molar-refractivity contribution in [3.63, 3.8) is 0 Å². The molecule has 0 atom stereocenters. The summed E-state index contributed by atoms with van der Waals surface area (Å²) in [5.41, 5.74) is 2.99. The third kappa shape index (κ3) is 3.57. The van der Waals surface area contributed by atoms with Crippen LogP contribution in [0.1, 0.15) is 35.0 Å². The minimum atomic E-state index is -1.10. The summed E-state index contributed by atoms with van der Waals surface area (Å²) in [4.78, 5) is 22.6. The first-order chi connectivity index (χ1) is 12.9. The van der Waals surface area contributed by atoms with Crippen molar-refractivity contribution in [1.82, 2.24) is 9.78 Å². The van der Waals surface area contributed by atoms with Gasteiger partial charge in [-0.05, 0) is 31.0 Å². The number of carboxylic acid groups (broad SMARTS) is 1. The molecule has 0 aliphatic carbocycles. The summed E-state index contributed by atoms with van der Waals surface area (Å²) in [7, 11) is 0. The monoisotopic (exact) mass is 365 g/mol. The standard InChI is InChI=1S/C20H19N3O4/c1-3-6-17-18(20(24)25)19(14-8-5-10-16(12-14)23(26)27)21-22(17)15-9-4-7-13(2)11-15/h4-5,7-12H,3,6H2,1-2H3,(H,24,25). The van der Waals surface area contributed by atoms with E-state index >= 15 is 0 Å². The van der Waals surface area contributed by atoms with Crippen LogP contribution in [-0.4, -0.2) is 25.8 Å². The molecule has 1 aromatic heterocycles. The van der Waals surface area contributed by atoms with Gasteiger partial charge in [-0.3, -0.25) is 10.1 Å². The van der Waals surface area contributed by atoms with Gasteiger partial charge < -0.3 is 5.11 Å². The highest BCUT2D eigenvalue weighted by Gasteiger charge is 2.25. The molecule has 2 aromatic carbocycles. The van der Waals surface area contributed by atoms with Crippen molar-refractivity contribution >= 4 is 11.7 Å². The molecule has 0 amide bonds. The number of non-ortho nitro benzene ring substituents is 1.